The van der Waals surface area contributed by atoms with Gasteiger partial charge in [0, 0.05) is 19.5 Å². The van der Waals surface area contributed by atoms with E-state index < -0.39 is 0 Å². The second-order valence-corrected chi connectivity index (χ2v) is 2.65. The number of carbonyl (C=O) groups is 1. The summed E-state index contributed by atoms with van der Waals surface area (Å²) in [4.78, 5) is 12.8. The number of likely N-dealkylation sites (N-methyl/N-ethyl adjacent to an activating group) is 1. The van der Waals surface area contributed by atoms with Crippen LogP contribution in [0.15, 0.2) is 12.7 Å². The second-order valence-electron chi connectivity index (χ2n) is 2.65. The first-order chi connectivity index (χ1) is 5.16. The van der Waals surface area contributed by atoms with Gasteiger partial charge < -0.3 is 10.2 Å². The molecule has 0 fully saturated rings. The number of carbonyl (C=O) groups excluding carboxylic acids is 1. The Bertz CT molecular complexity index is 132. The molecule has 0 heterocycles. The first-order valence-corrected chi connectivity index (χ1v) is 3.69. The van der Waals surface area contributed by atoms with Crippen molar-refractivity contribution in [2.45, 2.75) is 6.42 Å². The summed E-state index contributed by atoms with van der Waals surface area (Å²) in [5, 5.41) is 2.76. The number of amides is 1. The van der Waals surface area contributed by atoms with Crippen LogP contribution in [0.3, 0.4) is 0 Å². The minimum Gasteiger partial charge on any atom is -0.355 e. The van der Waals surface area contributed by atoms with Crippen LogP contribution in [0.25, 0.3) is 0 Å². The zero-order valence-electron chi connectivity index (χ0n) is 7.26. The van der Waals surface area contributed by atoms with E-state index in [2.05, 4.69) is 11.9 Å². The number of hydrogen-bond acceptors (Lipinski definition) is 2. The van der Waals surface area contributed by atoms with Gasteiger partial charge in [-0.2, -0.15) is 0 Å². The summed E-state index contributed by atoms with van der Waals surface area (Å²) < 4.78 is 0. The molecule has 1 amide bonds. The summed E-state index contributed by atoms with van der Waals surface area (Å²) in [5.74, 6) is 0.0434. The van der Waals surface area contributed by atoms with Crippen LogP contribution in [0.5, 0.6) is 0 Å². The van der Waals surface area contributed by atoms with Crippen LogP contribution in [-0.4, -0.2) is 38.0 Å². The molecule has 0 atom stereocenters. The van der Waals surface area contributed by atoms with Gasteiger partial charge in [0.15, 0.2) is 0 Å². The lowest BCUT2D eigenvalue weighted by Crippen LogP contribution is -2.30. The normalized spacial score (nSPS) is 9.73. The molecule has 0 saturated heterocycles. The third-order valence-electron chi connectivity index (χ3n) is 1.21. The fourth-order valence-electron chi connectivity index (χ4n) is 0.622. The Labute approximate surface area is 68.1 Å². The van der Waals surface area contributed by atoms with Gasteiger partial charge in [0.2, 0.25) is 5.91 Å². The minimum absolute atomic E-state index is 0.0434. The van der Waals surface area contributed by atoms with Crippen molar-refractivity contribution in [1.82, 2.24) is 10.2 Å². The quantitative estimate of drug-likeness (QED) is 0.578. The van der Waals surface area contributed by atoms with Crippen molar-refractivity contribution in [2.75, 3.05) is 27.2 Å². The number of nitrogens with zero attached hydrogens (tertiary/aromatic N) is 1. The SMILES string of the molecule is C=CCC(=O)NCCN(C)C. The average Bonchev–Trinajstić information content (AvgIpc) is 1.87. The van der Waals surface area contributed by atoms with Crippen molar-refractivity contribution < 1.29 is 4.79 Å². The first-order valence-electron chi connectivity index (χ1n) is 3.69. The molecule has 0 saturated carbocycles. The predicted molar refractivity (Wildman–Crippen MR) is 46.4 cm³/mol. The fourth-order valence-corrected chi connectivity index (χ4v) is 0.622. The summed E-state index contributed by atoms with van der Waals surface area (Å²) >= 11 is 0. The molecular formula is C8H16N2O. The van der Waals surface area contributed by atoms with E-state index in [4.69, 9.17) is 0 Å². The molecule has 0 aliphatic heterocycles. The largest absolute Gasteiger partial charge is 0.355 e. The van der Waals surface area contributed by atoms with Crippen molar-refractivity contribution in [2.24, 2.45) is 0 Å². The molecule has 0 unspecified atom stereocenters. The van der Waals surface area contributed by atoms with E-state index in [0.29, 0.717) is 13.0 Å². The number of nitrogens with one attached hydrogen (secondary N) is 1. The lowest BCUT2D eigenvalue weighted by molar-refractivity contribution is -0.120. The van der Waals surface area contributed by atoms with Gasteiger partial charge in [-0.1, -0.05) is 6.08 Å². The Morgan fingerprint density at radius 1 is 1.64 bits per heavy atom. The van der Waals surface area contributed by atoms with Gasteiger partial charge in [-0.3, -0.25) is 4.79 Å². The lowest BCUT2D eigenvalue weighted by atomic mass is 10.4. The molecule has 0 radical (unpaired) electrons. The summed E-state index contributed by atoms with van der Waals surface area (Å²) in [6.45, 7) is 5.06. The first kappa shape index (κ1) is 10.2. The number of hydrogen-bond donors (Lipinski definition) is 1. The van der Waals surface area contributed by atoms with E-state index >= 15 is 0 Å². The van der Waals surface area contributed by atoms with Crippen LogP contribution in [-0.2, 0) is 4.79 Å². The zero-order chi connectivity index (χ0) is 8.69. The van der Waals surface area contributed by atoms with E-state index in [1.165, 1.54) is 0 Å². The van der Waals surface area contributed by atoms with Crippen molar-refractivity contribution in [3.05, 3.63) is 12.7 Å². The van der Waals surface area contributed by atoms with E-state index in [-0.39, 0.29) is 5.91 Å². The standard InChI is InChI=1S/C8H16N2O/c1-4-5-8(11)9-6-7-10(2)3/h4H,1,5-7H2,2-3H3,(H,9,11). The van der Waals surface area contributed by atoms with Crippen LogP contribution in [0.4, 0.5) is 0 Å². The highest BCUT2D eigenvalue weighted by atomic mass is 16.1. The molecule has 0 aliphatic rings. The molecule has 0 spiro atoms. The van der Waals surface area contributed by atoms with E-state index in [1.54, 1.807) is 6.08 Å². The Kier molecular flexibility index (Phi) is 5.47. The molecule has 64 valence electrons. The third kappa shape index (κ3) is 7.06. The van der Waals surface area contributed by atoms with Gasteiger partial charge in [0.25, 0.3) is 0 Å². The van der Waals surface area contributed by atoms with Gasteiger partial charge in [-0.05, 0) is 14.1 Å². The van der Waals surface area contributed by atoms with Gasteiger partial charge in [0.05, 0.1) is 0 Å². The molecule has 11 heavy (non-hydrogen) atoms. The molecule has 0 aromatic rings. The fraction of sp³-hybridized carbons (Fsp3) is 0.625. The molecule has 3 heteroatoms. The smallest absolute Gasteiger partial charge is 0.223 e. The van der Waals surface area contributed by atoms with E-state index in [9.17, 15) is 4.79 Å². The van der Waals surface area contributed by atoms with Crippen LogP contribution in [0, 0.1) is 0 Å². The summed E-state index contributed by atoms with van der Waals surface area (Å²) in [6, 6.07) is 0. The average molecular weight is 156 g/mol. The van der Waals surface area contributed by atoms with Crippen LogP contribution in [0.1, 0.15) is 6.42 Å². The lowest BCUT2D eigenvalue weighted by Gasteiger charge is -2.09. The highest BCUT2D eigenvalue weighted by Gasteiger charge is 1.95. The Morgan fingerprint density at radius 3 is 2.73 bits per heavy atom. The van der Waals surface area contributed by atoms with Crippen molar-refractivity contribution in [3.63, 3.8) is 0 Å². The zero-order valence-corrected chi connectivity index (χ0v) is 7.26. The van der Waals surface area contributed by atoms with Gasteiger partial charge in [-0.25, -0.2) is 0 Å². The molecule has 0 rings (SSSR count). The topological polar surface area (TPSA) is 32.3 Å². The molecule has 3 nitrogen and oxygen atoms in total. The Morgan fingerprint density at radius 2 is 2.27 bits per heavy atom. The van der Waals surface area contributed by atoms with E-state index in [1.807, 2.05) is 19.0 Å². The predicted octanol–water partition coefficient (Wildman–Crippen LogP) is 0.240. The van der Waals surface area contributed by atoms with Crippen LogP contribution >= 0.6 is 0 Å². The molecule has 0 bridgehead atoms. The van der Waals surface area contributed by atoms with Crippen molar-refractivity contribution in [3.8, 4) is 0 Å². The molecular weight excluding hydrogens is 140 g/mol. The monoisotopic (exact) mass is 156 g/mol. The van der Waals surface area contributed by atoms with Crippen molar-refractivity contribution >= 4 is 5.91 Å². The highest BCUT2D eigenvalue weighted by Crippen LogP contribution is 1.78. The number of rotatable bonds is 5. The maximum atomic E-state index is 10.8. The summed E-state index contributed by atoms with van der Waals surface area (Å²) in [5.41, 5.74) is 0. The molecule has 0 aliphatic carbocycles. The second kappa shape index (κ2) is 5.92. The van der Waals surface area contributed by atoms with Crippen LogP contribution in [0.2, 0.25) is 0 Å². The summed E-state index contributed by atoms with van der Waals surface area (Å²) in [7, 11) is 3.94. The highest BCUT2D eigenvalue weighted by molar-refractivity contribution is 5.77. The molecule has 0 aromatic heterocycles. The molecule has 1 N–H and O–H groups in total. The van der Waals surface area contributed by atoms with E-state index in [0.717, 1.165) is 6.54 Å². The van der Waals surface area contributed by atoms with Gasteiger partial charge in [0.1, 0.15) is 0 Å². The van der Waals surface area contributed by atoms with Crippen LogP contribution < -0.4 is 5.32 Å². The van der Waals surface area contributed by atoms with Gasteiger partial charge in [-0.15, -0.1) is 6.58 Å². The maximum absolute atomic E-state index is 10.8. The third-order valence-corrected chi connectivity index (χ3v) is 1.21. The maximum Gasteiger partial charge on any atom is 0.223 e. The summed E-state index contributed by atoms with van der Waals surface area (Å²) in [6.07, 6.45) is 2.01. The Balaban J connectivity index is 3.24. The minimum atomic E-state index is 0.0434. The van der Waals surface area contributed by atoms with Gasteiger partial charge >= 0.3 is 0 Å². The van der Waals surface area contributed by atoms with Crippen molar-refractivity contribution in [1.29, 1.82) is 0 Å². The molecule has 0 aromatic carbocycles. The Hall–Kier alpha value is -0.830.